The van der Waals surface area contributed by atoms with Crippen molar-refractivity contribution in [3.8, 4) is 0 Å². The van der Waals surface area contributed by atoms with Gasteiger partial charge < -0.3 is 5.32 Å². The topological polar surface area (TPSA) is 29.9 Å². The van der Waals surface area contributed by atoms with E-state index in [0.29, 0.717) is 6.54 Å². The van der Waals surface area contributed by atoms with E-state index in [-0.39, 0.29) is 19.1 Å². The lowest BCUT2D eigenvalue weighted by atomic mass is 10.1. The van der Waals surface area contributed by atoms with E-state index in [1.165, 1.54) is 5.56 Å². The Morgan fingerprint density at radius 2 is 2.00 bits per heavy atom. The molecule has 2 aromatic rings. The van der Waals surface area contributed by atoms with Crippen molar-refractivity contribution in [1.82, 2.24) is 9.78 Å². The predicted molar refractivity (Wildman–Crippen MR) is 78.8 cm³/mol. The predicted octanol–water partition coefficient (Wildman–Crippen LogP) is 3.24. The molecular weight excluding hydrogens is 265 g/mol. The summed E-state index contributed by atoms with van der Waals surface area (Å²) in [6.45, 7) is 2.72. The second kappa shape index (κ2) is 7.79. The SMILES string of the molecule is Cc1nn(CCF)cc1NCCc1ccccc1.Cl. The van der Waals surface area contributed by atoms with Crippen LogP contribution in [0.2, 0.25) is 0 Å². The van der Waals surface area contributed by atoms with Crippen LogP contribution >= 0.6 is 12.4 Å². The number of nitrogens with zero attached hydrogens (tertiary/aromatic N) is 2. The maximum Gasteiger partial charge on any atom is 0.109 e. The van der Waals surface area contributed by atoms with Gasteiger partial charge in [-0.2, -0.15) is 5.10 Å². The number of halogens is 2. The molecule has 1 aromatic heterocycles. The van der Waals surface area contributed by atoms with Gasteiger partial charge in [0.15, 0.2) is 0 Å². The molecule has 1 aromatic carbocycles. The summed E-state index contributed by atoms with van der Waals surface area (Å²) >= 11 is 0. The van der Waals surface area contributed by atoms with E-state index in [9.17, 15) is 4.39 Å². The lowest BCUT2D eigenvalue weighted by molar-refractivity contribution is 0.426. The van der Waals surface area contributed by atoms with Crippen molar-refractivity contribution >= 4 is 18.1 Å². The van der Waals surface area contributed by atoms with Crippen molar-refractivity contribution in [3.05, 3.63) is 47.8 Å². The second-order valence-electron chi connectivity index (χ2n) is 4.24. The zero-order valence-corrected chi connectivity index (χ0v) is 11.8. The zero-order valence-electron chi connectivity index (χ0n) is 11.0. The Morgan fingerprint density at radius 3 is 2.68 bits per heavy atom. The molecule has 0 amide bonds. The third-order valence-corrected chi connectivity index (χ3v) is 2.83. The minimum Gasteiger partial charge on any atom is -0.382 e. The quantitative estimate of drug-likeness (QED) is 0.882. The molecule has 0 saturated heterocycles. The minimum absolute atomic E-state index is 0. The average molecular weight is 284 g/mol. The lowest BCUT2D eigenvalue weighted by Gasteiger charge is -2.04. The first kappa shape index (κ1) is 15.5. The molecule has 0 radical (unpaired) electrons. The molecule has 5 heteroatoms. The fraction of sp³-hybridized carbons (Fsp3) is 0.357. The Kier molecular flexibility index (Phi) is 6.36. The summed E-state index contributed by atoms with van der Waals surface area (Å²) in [6.07, 6.45) is 2.83. The van der Waals surface area contributed by atoms with Gasteiger partial charge in [-0.25, -0.2) is 4.39 Å². The van der Waals surface area contributed by atoms with Crippen molar-refractivity contribution in [2.75, 3.05) is 18.5 Å². The van der Waals surface area contributed by atoms with Crippen LogP contribution in [0.1, 0.15) is 11.3 Å². The van der Waals surface area contributed by atoms with Gasteiger partial charge >= 0.3 is 0 Å². The monoisotopic (exact) mass is 283 g/mol. The molecule has 0 saturated carbocycles. The third-order valence-electron chi connectivity index (χ3n) is 2.83. The fourth-order valence-electron chi connectivity index (χ4n) is 1.88. The Hall–Kier alpha value is -1.55. The number of benzene rings is 1. The number of rotatable bonds is 6. The summed E-state index contributed by atoms with van der Waals surface area (Å²) in [5.74, 6) is 0. The Bertz CT molecular complexity index is 485. The molecule has 0 fully saturated rings. The van der Waals surface area contributed by atoms with Crippen LogP contribution in [0.5, 0.6) is 0 Å². The van der Waals surface area contributed by atoms with Crippen LogP contribution in [0.3, 0.4) is 0 Å². The summed E-state index contributed by atoms with van der Waals surface area (Å²) in [5.41, 5.74) is 3.20. The second-order valence-corrected chi connectivity index (χ2v) is 4.24. The molecule has 104 valence electrons. The summed E-state index contributed by atoms with van der Waals surface area (Å²) in [5, 5.41) is 7.57. The molecule has 1 heterocycles. The van der Waals surface area contributed by atoms with Crippen LogP contribution in [0.4, 0.5) is 10.1 Å². The van der Waals surface area contributed by atoms with Gasteiger partial charge in [0.1, 0.15) is 6.67 Å². The van der Waals surface area contributed by atoms with Gasteiger partial charge in [-0.15, -0.1) is 12.4 Å². The van der Waals surface area contributed by atoms with Gasteiger partial charge in [0.05, 0.1) is 17.9 Å². The summed E-state index contributed by atoms with van der Waals surface area (Å²) in [7, 11) is 0. The molecule has 0 aliphatic rings. The number of hydrogen-bond donors (Lipinski definition) is 1. The van der Waals surface area contributed by atoms with Gasteiger partial charge in [0.25, 0.3) is 0 Å². The summed E-state index contributed by atoms with van der Waals surface area (Å²) in [6, 6.07) is 10.3. The summed E-state index contributed by atoms with van der Waals surface area (Å²) < 4.78 is 13.9. The van der Waals surface area contributed by atoms with E-state index < -0.39 is 0 Å². The van der Waals surface area contributed by atoms with Crippen LogP contribution in [-0.2, 0) is 13.0 Å². The number of aromatic nitrogens is 2. The average Bonchev–Trinajstić information content (AvgIpc) is 2.72. The van der Waals surface area contributed by atoms with Crippen molar-refractivity contribution < 1.29 is 4.39 Å². The number of alkyl halides is 1. The van der Waals surface area contributed by atoms with Gasteiger partial charge in [0, 0.05) is 12.7 Å². The molecule has 0 aliphatic carbocycles. The van der Waals surface area contributed by atoms with Gasteiger partial charge in [0.2, 0.25) is 0 Å². The van der Waals surface area contributed by atoms with E-state index in [1.807, 2.05) is 31.3 Å². The number of hydrogen-bond acceptors (Lipinski definition) is 2. The molecule has 1 N–H and O–H groups in total. The molecular formula is C14H19ClFN3. The molecule has 0 bridgehead atoms. The molecule has 3 nitrogen and oxygen atoms in total. The van der Waals surface area contributed by atoms with Gasteiger partial charge in [-0.3, -0.25) is 4.68 Å². The van der Waals surface area contributed by atoms with Crippen molar-refractivity contribution in [3.63, 3.8) is 0 Å². The number of nitrogens with one attached hydrogen (secondary N) is 1. The number of aryl methyl sites for hydroxylation is 2. The van der Waals surface area contributed by atoms with Crippen LogP contribution in [0.25, 0.3) is 0 Å². The van der Waals surface area contributed by atoms with E-state index in [0.717, 1.165) is 24.3 Å². The largest absolute Gasteiger partial charge is 0.382 e. The van der Waals surface area contributed by atoms with E-state index >= 15 is 0 Å². The van der Waals surface area contributed by atoms with Crippen LogP contribution in [0, 0.1) is 6.92 Å². The molecule has 2 rings (SSSR count). The lowest BCUT2D eigenvalue weighted by Crippen LogP contribution is -2.05. The van der Waals surface area contributed by atoms with Crippen LogP contribution < -0.4 is 5.32 Å². The standard InChI is InChI=1S/C14H18FN3.ClH/c1-12-14(11-18(17-12)10-8-15)16-9-7-13-5-3-2-4-6-13;/h2-6,11,16H,7-10H2,1H3;1H. The van der Waals surface area contributed by atoms with Crippen LogP contribution in [-0.4, -0.2) is 23.0 Å². The zero-order chi connectivity index (χ0) is 12.8. The van der Waals surface area contributed by atoms with E-state index in [4.69, 9.17) is 0 Å². The molecule has 0 atom stereocenters. The maximum atomic E-state index is 12.2. The highest BCUT2D eigenvalue weighted by atomic mass is 35.5. The van der Waals surface area contributed by atoms with Crippen LogP contribution in [0.15, 0.2) is 36.5 Å². The Labute approximate surface area is 119 Å². The van der Waals surface area contributed by atoms with Gasteiger partial charge in [-0.1, -0.05) is 30.3 Å². The fourth-order valence-corrected chi connectivity index (χ4v) is 1.88. The molecule has 0 aliphatic heterocycles. The highest BCUT2D eigenvalue weighted by Gasteiger charge is 2.03. The smallest absolute Gasteiger partial charge is 0.109 e. The first-order chi connectivity index (χ1) is 8.79. The van der Waals surface area contributed by atoms with Crippen molar-refractivity contribution in [2.45, 2.75) is 19.9 Å². The van der Waals surface area contributed by atoms with E-state index in [2.05, 4.69) is 22.5 Å². The molecule has 19 heavy (non-hydrogen) atoms. The Morgan fingerprint density at radius 1 is 1.26 bits per heavy atom. The molecule has 0 unspecified atom stereocenters. The Balaban J connectivity index is 0.00000180. The normalized spacial score (nSPS) is 10.0. The number of anilines is 1. The maximum absolute atomic E-state index is 12.2. The minimum atomic E-state index is -0.384. The summed E-state index contributed by atoms with van der Waals surface area (Å²) in [4.78, 5) is 0. The highest BCUT2D eigenvalue weighted by Crippen LogP contribution is 2.12. The molecule has 0 spiro atoms. The van der Waals surface area contributed by atoms with Crippen molar-refractivity contribution in [1.29, 1.82) is 0 Å². The highest BCUT2D eigenvalue weighted by molar-refractivity contribution is 5.85. The van der Waals surface area contributed by atoms with Crippen molar-refractivity contribution in [2.24, 2.45) is 0 Å². The van der Waals surface area contributed by atoms with Gasteiger partial charge in [-0.05, 0) is 18.9 Å². The third kappa shape index (κ3) is 4.56. The first-order valence-corrected chi connectivity index (χ1v) is 6.17. The van der Waals surface area contributed by atoms with E-state index in [1.54, 1.807) is 4.68 Å². The first-order valence-electron chi connectivity index (χ1n) is 6.17.